The zero-order valence-corrected chi connectivity index (χ0v) is 13.5. The van der Waals surface area contributed by atoms with Gasteiger partial charge in [0, 0.05) is 24.2 Å². The Morgan fingerprint density at radius 3 is 2.17 bits per heavy atom. The summed E-state index contributed by atoms with van der Waals surface area (Å²) in [6.07, 6.45) is 0. The fourth-order valence-electron chi connectivity index (χ4n) is 2.77. The Balaban J connectivity index is 1.61. The van der Waals surface area contributed by atoms with Crippen LogP contribution in [0.1, 0.15) is 39.2 Å². The molecule has 0 saturated heterocycles. The lowest BCUT2D eigenvalue weighted by Gasteiger charge is -2.18. The largest absolute Gasteiger partial charge is 0.308 e. The van der Waals surface area contributed by atoms with Gasteiger partial charge in [0.1, 0.15) is 0 Å². The summed E-state index contributed by atoms with van der Waals surface area (Å²) >= 11 is 6.17. The van der Waals surface area contributed by atoms with E-state index in [9.17, 15) is 9.59 Å². The predicted octanol–water partition coefficient (Wildman–Crippen LogP) is 3.29. The smallest absolute Gasteiger partial charge is 0.261 e. The van der Waals surface area contributed by atoms with Crippen LogP contribution in [-0.4, -0.2) is 29.8 Å². The number of benzene rings is 2. The molecule has 0 saturated carbocycles. The van der Waals surface area contributed by atoms with Crippen molar-refractivity contribution in [3.63, 3.8) is 0 Å². The number of nitrogens with one attached hydrogen (secondary N) is 1. The van der Waals surface area contributed by atoms with Crippen molar-refractivity contribution in [2.24, 2.45) is 0 Å². The van der Waals surface area contributed by atoms with Crippen LogP contribution < -0.4 is 5.32 Å². The minimum atomic E-state index is -0.224. The number of imide groups is 1. The van der Waals surface area contributed by atoms with Crippen LogP contribution in [0, 0.1) is 0 Å². The highest BCUT2D eigenvalue weighted by molar-refractivity contribution is 6.31. The Bertz CT molecular complexity index is 725. The number of nitrogens with zero attached hydrogens (tertiary/aromatic N) is 1. The van der Waals surface area contributed by atoms with Crippen LogP contribution in [-0.2, 0) is 0 Å². The molecule has 1 heterocycles. The molecule has 2 aromatic rings. The number of amides is 2. The van der Waals surface area contributed by atoms with Crippen molar-refractivity contribution in [2.75, 3.05) is 13.1 Å². The number of hydrogen-bond acceptors (Lipinski definition) is 3. The van der Waals surface area contributed by atoms with Crippen molar-refractivity contribution >= 4 is 23.4 Å². The van der Waals surface area contributed by atoms with Crippen LogP contribution in [0.3, 0.4) is 0 Å². The zero-order chi connectivity index (χ0) is 16.4. The van der Waals surface area contributed by atoms with Crippen LogP contribution >= 0.6 is 11.6 Å². The molecule has 3 rings (SSSR count). The van der Waals surface area contributed by atoms with Gasteiger partial charge in [-0.25, -0.2) is 0 Å². The molecule has 0 radical (unpaired) electrons. The van der Waals surface area contributed by atoms with Crippen LogP contribution in [0.2, 0.25) is 5.02 Å². The fourth-order valence-corrected chi connectivity index (χ4v) is 3.07. The Labute approximate surface area is 140 Å². The van der Waals surface area contributed by atoms with E-state index in [-0.39, 0.29) is 17.9 Å². The molecule has 4 nitrogen and oxygen atoms in total. The molecule has 2 aromatic carbocycles. The summed E-state index contributed by atoms with van der Waals surface area (Å²) in [6.45, 7) is 2.85. The highest BCUT2D eigenvalue weighted by atomic mass is 35.5. The van der Waals surface area contributed by atoms with Gasteiger partial charge in [0.15, 0.2) is 0 Å². The fraction of sp³-hybridized carbons (Fsp3) is 0.222. The molecule has 1 atom stereocenters. The van der Waals surface area contributed by atoms with Crippen molar-refractivity contribution in [1.82, 2.24) is 10.2 Å². The van der Waals surface area contributed by atoms with Crippen molar-refractivity contribution in [3.05, 3.63) is 70.2 Å². The van der Waals surface area contributed by atoms with E-state index in [1.54, 1.807) is 24.3 Å². The maximum Gasteiger partial charge on any atom is 0.261 e. The molecule has 118 valence electrons. The van der Waals surface area contributed by atoms with E-state index in [0.29, 0.717) is 29.2 Å². The summed E-state index contributed by atoms with van der Waals surface area (Å²) in [5.74, 6) is -0.449. The summed E-state index contributed by atoms with van der Waals surface area (Å²) in [6, 6.07) is 14.6. The number of carbonyl (C=O) groups excluding carboxylic acids is 2. The molecule has 2 amide bonds. The Morgan fingerprint density at radius 2 is 1.57 bits per heavy atom. The van der Waals surface area contributed by atoms with Crippen molar-refractivity contribution in [3.8, 4) is 0 Å². The molecule has 1 aliphatic heterocycles. The first kappa shape index (κ1) is 15.7. The Kier molecular flexibility index (Phi) is 4.46. The minimum Gasteiger partial charge on any atom is -0.308 e. The molecule has 0 bridgehead atoms. The molecule has 0 aliphatic carbocycles. The minimum absolute atomic E-state index is 0.0406. The van der Waals surface area contributed by atoms with Gasteiger partial charge in [-0.3, -0.25) is 14.5 Å². The molecular formula is C18H17ClN2O2. The number of fused-ring (bicyclic) bond motifs is 1. The standard InChI is InChI=1S/C18H17ClN2O2/c1-12(13-6-4-5-9-16(13)19)20-10-11-21-17(22)14-7-2-3-8-15(14)18(21)23/h2-9,12,20H,10-11H2,1H3. The van der Waals surface area contributed by atoms with E-state index in [1.165, 1.54) is 4.90 Å². The van der Waals surface area contributed by atoms with Gasteiger partial charge in [-0.05, 0) is 30.7 Å². The molecule has 0 fully saturated rings. The van der Waals surface area contributed by atoms with Crippen LogP contribution in [0.5, 0.6) is 0 Å². The van der Waals surface area contributed by atoms with Crippen LogP contribution in [0.4, 0.5) is 0 Å². The average Bonchev–Trinajstić information content (AvgIpc) is 2.80. The van der Waals surface area contributed by atoms with Gasteiger partial charge >= 0.3 is 0 Å². The predicted molar refractivity (Wildman–Crippen MR) is 89.7 cm³/mol. The van der Waals surface area contributed by atoms with Gasteiger partial charge in [0.2, 0.25) is 0 Å². The van der Waals surface area contributed by atoms with Gasteiger partial charge in [-0.1, -0.05) is 41.9 Å². The SMILES string of the molecule is CC(NCCN1C(=O)c2ccccc2C1=O)c1ccccc1Cl. The van der Waals surface area contributed by atoms with E-state index in [0.717, 1.165) is 5.56 Å². The quantitative estimate of drug-likeness (QED) is 0.857. The third kappa shape index (κ3) is 3.00. The lowest BCUT2D eigenvalue weighted by molar-refractivity contribution is 0.0654. The molecule has 1 aliphatic rings. The van der Waals surface area contributed by atoms with Gasteiger partial charge in [0.05, 0.1) is 11.1 Å². The summed E-state index contributed by atoms with van der Waals surface area (Å²) in [5.41, 5.74) is 1.96. The first-order valence-corrected chi connectivity index (χ1v) is 7.90. The highest BCUT2D eigenvalue weighted by Crippen LogP contribution is 2.23. The number of carbonyl (C=O) groups is 2. The normalized spacial score (nSPS) is 15.0. The Morgan fingerprint density at radius 1 is 1.00 bits per heavy atom. The maximum atomic E-state index is 12.3. The molecule has 23 heavy (non-hydrogen) atoms. The van der Waals surface area contributed by atoms with Crippen molar-refractivity contribution in [1.29, 1.82) is 0 Å². The van der Waals surface area contributed by atoms with E-state index >= 15 is 0 Å². The number of halogens is 1. The van der Waals surface area contributed by atoms with E-state index in [4.69, 9.17) is 11.6 Å². The van der Waals surface area contributed by atoms with E-state index in [1.807, 2.05) is 31.2 Å². The van der Waals surface area contributed by atoms with Gasteiger partial charge in [-0.15, -0.1) is 0 Å². The second kappa shape index (κ2) is 6.52. The van der Waals surface area contributed by atoms with Crippen LogP contribution in [0.25, 0.3) is 0 Å². The third-order valence-electron chi connectivity index (χ3n) is 4.04. The molecule has 1 unspecified atom stereocenters. The topological polar surface area (TPSA) is 49.4 Å². The zero-order valence-electron chi connectivity index (χ0n) is 12.8. The first-order chi connectivity index (χ1) is 11.1. The van der Waals surface area contributed by atoms with E-state index < -0.39 is 0 Å². The van der Waals surface area contributed by atoms with Gasteiger partial charge < -0.3 is 5.32 Å². The Hall–Kier alpha value is -2.17. The lowest BCUT2D eigenvalue weighted by atomic mass is 10.1. The number of rotatable bonds is 5. The number of hydrogen-bond donors (Lipinski definition) is 1. The van der Waals surface area contributed by atoms with Gasteiger partial charge in [0.25, 0.3) is 11.8 Å². The summed E-state index contributed by atoms with van der Waals surface area (Å²) in [5, 5.41) is 4.01. The molecule has 0 aromatic heterocycles. The average molecular weight is 329 g/mol. The summed E-state index contributed by atoms with van der Waals surface area (Å²) in [7, 11) is 0. The second-order valence-electron chi connectivity index (χ2n) is 5.50. The van der Waals surface area contributed by atoms with Crippen LogP contribution in [0.15, 0.2) is 48.5 Å². The summed E-state index contributed by atoms with van der Waals surface area (Å²) < 4.78 is 0. The highest BCUT2D eigenvalue weighted by Gasteiger charge is 2.34. The van der Waals surface area contributed by atoms with E-state index in [2.05, 4.69) is 5.32 Å². The monoisotopic (exact) mass is 328 g/mol. The summed E-state index contributed by atoms with van der Waals surface area (Å²) in [4.78, 5) is 25.8. The maximum absolute atomic E-state index is 12.3. The molecule has 1 N–H and O–H groups in total. The van der Waals surface area contributed by atoms with Crippen molar-refractivity contribution < 1.29 is 9.59 Å². The van der Waals surface area contributed by atoms with Gasteiger partial charge in [-0.2, -0.15) is 0 Å². The first-order valence-electron chi connectivity index (χ1n) is 7.52. The molecular weight excluding hydrogens is 312 g/mol. The third-order valence-corrected chi connectivity index (χ3v) is 4.38. The second-order valence-corrected chi connectivity index (χ2v) is 5.91. The van der Waals surface area contributed by atoms with Crippen molar-refractivity contribution in [2.45, 2.75) is 13.0 Å². The molecule has 0 spiro atoms. The lowest BCUT2D eigenvalue weighted by Crippen LogP contribution is -2.37. The molecule has 5 heteroatoms.